The van der Waals surface area contributed by atoms with Crippen molar-refractivity contribution in [3.8, 4) is 0 Å². The topological polar surface area (TPSA) is 52.4 Å². The van der Waals surface area contributed by atoms with Crippen LogP contribution < -0.4 is 0 Å². The Kier molecular flexibility index (Phi) is 4.00. The number of ether oxygens (including phenoxy) is 1. The fraction of sp³-hybridized carbons (Fsp3) is 0.333. The predicted molar refractivity (Wildman–Crippen MR) is 48.8 cm³/mol. The van der Waals surface area contributed by atoms with Gasteiger partial charge in [-0.15, -0.1) is 0 Å². The number of hydrogen-bond acceptors (Lipinski definition) is 3. The highest BCUT2D eigenvalue weighted by molar-refractivity contribution is 5.39. The van der Waals surface area contributed by atoms with Crippen LogP contribution in [0.5, 0.6) is 0 Å². The summed E-state index contributed by atoms with van der Waals surface area (Å²) in [4.78, 5) is 9.62. The molecule has 1 aromatic carbocycles. The number of rotatable bonds is 4. The van der Waals surface area contributed by atoms with Crippen LogP contribution in [0.3, 0.4) is 0 Å². The van der Waals surface area contributed by atoms with Crippen LogP contribution >= 0.6 is 0 Å². The molecule has 0 spiro atoms. The summed E-state index contributed by atoms with van der Waals surface area (Å²) < 4.78 is 52.2. The van der Waals surface area contributed by atoms with Gasteiger partial charge in [0.15, 0.2) is 0 Å². The number of hydrogen-bond donors (Lipinski definition) is 0. The number of nitro benzene ring substituents is 1. The summed E-state index contributed by atoms with van der Waals surface area (Å²) in [5, 5.41) is 10.5. The van der Waals surface area contributed by atoms with E-state index >= 15 is 0 Å². The molecule has 4 nitrogen and oxygen atoms in total. The molecule has 0 amide bonds. The molecule has 0 fully saturated rings. The molecule has 0 heterocycles. The summed E-state index contributed by atoms with van der Waals surface area (Å²) in [5.41, 5.74) is -0.715. The van der Waals surface area contributed by atoms with Crippen molar-refractivity contribution in [1.29, 1.82) is 0 Å². The fourth-order valence-corrected chi connectivity index (χ4v) is 1.11. The Hall–Kier alpha value is -1.70. The Balaban J connectivity index is 2.74. The van der Waals surface area contributed by atoms with Gasteiger partial charge in [0.2, 0.25) is 0 Å². The minimum absolute atomic E-state index is 0.111. The van der Waals surface area contributed by atoms with E-state index in [1.807, 2.05) is 0 Å². The van der Waals surface area contributed by atoms with Crippen LogP contribution in [0.4, 0.5) is 23.2 Å². The monoisotopic (exact) mass is 253 g/mol. The van der Waals surface area contributed by atoms with E-state index in [1.165, 1.54) is 0 Å². The second-order valence-corrected chi connectivity index (χ2v) is 3.14. The number of alkyl halides is 3. The first-order chi connectivity index (χ1) is 7.79. The van der Waals surface area contributed by atoms with Crippen LogP contribution in [0.15, 0.2) is 18.2 Å². The van der Waals surface area contributed by atoms with Crippen molar-refractivity contribution in [2.45, 2.75) is 12.8 Å². The molecular weight excluding hydrogens is 246 g/mol. The molecule has 1 rings (SSSR count). The largest absolute Gasteiger partial charge is 0.411 e. The fourth-order valence-electron chi connectivity index (χ4n) is 1.11. The highest BCUT2D eigenvalue weighted by Crippen LogP contribution is 2.22. The molecule has 0 aromatic heterocycles. The summed E-state index contributed by atoms with van der Waals surface area (Å²) in [6.07, 6.45) is -4.51. The van der Waals surface area contributed by atoms with Gasteiger partial charge in [0.05, 0.1) is 23.2 Å². The maximum absolute atomic E-state index is 12.7. The lowest BCUT2D eigenvalue weighted by Gasteiger charge is -2.07. The zero-order valence-corrected chi connectivity index (χ0v) is 8.33. The average molecular weight is 253 g/mol. The number of halogens is 4. The summed E-state index contributed by atoms with van der Waals surface area (Å²) in [5.74, 6) is -0.837. The van der Waals surface area contributed by atoms with E-state index in [1.54, 1.807) is 0 Å². The van der Waals surface area contributed by atoms with E-state index in [2.05, 4.69) is 4.74 Å². The van der Waals surface area contributed by atoms with Crippen LogP contribution in [0.25, 0.3) is 0 Å². The van der Waals surface area contributed by atoms with Crippen LogP contribution in [0.2, 0.25) is 0 Å². The zero-order chi connectivity index (χ0) is 13.1. The number of nitrogens with zero attached hydrogens (tertiary/aromatic N) is 1. The van der Waals surface area contributed by atoms with E-state index in [9.17, 15) is 27.7 Å². The number of nitro groups is 1. The van der Waals surface area contributed by atoms with Gasteiger partial charge in [0.25, 0.3) is 5.69 Å². The Labute approximate surface area is 93.0 Å². The minimum atomic E-state index is -4.51. The van der Waals surface area contributed by atoms with Crippen LogP contribution in [0.1, 0.15) is 5.56 Å². The first kappa shape index (κ1) is 13.4. The van der Waals surface area contributed by atoms with Gasteiger partial charge < -0.3 is 4.74 Å². The van der Waals surface area contributed by atoms with Gasteiger partial charge in [-0.05, 0) is 12.1 Å². The van der Waals surface area contributed by atoms with Crippen molar-refractivity contribution in [2.75, 3.05) is 6.61 Å². The lowest BCUT2D eigenvalue weighted by Crippen LogP contribution is -2.17. The first-order valence-electron chi connectivity index (χ1n) is 4.37. The van der Waals surface area contributed by atoms with E-state index in [0.717, 1.165) is 12.1 Å². The smallest absolute Gasteiger partial charge is 0.367 e. The Morgan fingerprint density at radius 2 is 2.00 bits per heavy atom. The minimum Gasteiger partial charge on any atom is -0.367 e. The molecule has 0 unspecified atom stereocenters. The Morgan fingerprint density at radius 1 is 1.35 bits per heavy atom. The lowest BCUT2D eigenvalue weighted by atomic mass is 10.2. The van der Waals surface area contributed by atoms with E-state index < -0.39 is 35.8 Å². The lowest BCUT2D eigenvalue weighted by molar-refractivity contribution is -0.386. The Bertz CT molecular complexity index is 419. The molecule has 0 aliphatic heterocycles. The van der Waals surface area contributed by atoms with Crippen molar-refractivity contribution < 1.29 is 27.2 Å². The molecule has 0 saturated carbocycles. The molecule has 0 atom stereocenters. The third-order valence-corrected chi connectivity index (χ3v) is 1.77. The van der Waals surface area contributed by atoms with Crippen molar-refractivity contribution >= 4 is 5.69 Å². The standard InChI is InChI=1S/C9H7F4NO3/c10-7-2-1-6(8(3-7)14(15)16)4-17-5-9(11,12)13/h1-3H,4-5H2. The third-order valence-electron chi connectivity index (χ3n) is 1.77. The quantitative estimate of drug-likeness (QED) is 0.471. The van der Waals surface area contributed by atoms with E-state index in [4.69, 9.17) is 0 Å². The van der Waals surface area contributed by atoms with Gasteiger partial charge in [0, 0.05) is 0 Å². The Morgan fingerprint density at radius 3 is 2.53 bits per heavy atom. The van der Waals surface area contributed by atoms with Crippen LogP contribution in [0, 0.1) is 15.9 Å². The van der Waals surface area contributed by atoms with Gasteiger partial charge in [-0.2, -0.15) is 13.2 Å². The highest BCUT2D eigenvalue weighted by Gasteiger charge is 2.28. The van der Waals surface area contributed by atoms with E-state index in [0.29, 0.717) is 6.07 Å². The molecule has 0 aliphatic carbocycles. The first-order valence-corrected chi connectivity index (χ1v) is 4.37. The highest BCUT2D eigenvalue weighted by atomic mass is 19.4. The van der Waals surface area contributed by atoms with Crippen molar-refractivity contribution in [2.24, 2.45) is 0 Å². The average Bonchev–Trinajstić information content (AvgIpc) is 2.18. The maximum Gasteiger partial charge on any atom is 0.411 e. The van der Waals surface area contributed by atoms with Crippen molar-refractivity contribution in [3.63, 3.8) is 0 Å². The summed E-state index contributed by atoms with van der Waals surface area (Å²) in [6.45, 7) is -2.11. The SMILES string of the molecule is O=[N+]([O-])c1cc(F)ccc1COCC(F)(F)F. The molecular formula is C9H7F4NO3. The molecule has 8 heteroatoms. The van der Waals surface area contributed by atoms with Gasteiger partial charge in [-0.1, -0.05) is 0 Å². The maximum atomic E-state index is 12.7. The molecule has 0 bridgehead atoms. The van der Waals surface area contributed by atoms with Crippen molar-refractivity contribution in [3.05, 3.63) is 39.7 Å². The van der Waals surface area contributed by atoms with Crippen LogP contribution in [-0.2, 0) is 11.3 Å². The summed E-state index contributed by atoms with van der Waals surface area (Å²) >= 11 is 0. The predicted octanol–water partition coefficient (Wildman–Crippen LogP) is 2.81. The summed E-state index contributed by atoms with van der Waals surface area (Å²) in [6, 6.07) is 2.56. The normalized spacial score (nSPS) is 11.5. The summed E-state index contributed by atoms with van der Waals surface area (Å²) in [7, 11) is 0. The zero-order valence-electron chi connectivity index (χ0n) is 8.33. The van der Waals surface area contributed by atoms with Gasteiger partial charge in [0.1, 0.15) is 12.4 Å². The van der Waals surface area contributed by atoms with Gasteiger partial charge in [-0.25, -0.2) is 4.39 Å². The third kappa shape index (κ3) is 4.35. The van der Waals surface area contributed by atoms with E-state index in [-0.39, 0.29) is 5.56 Å². The second kappa shape index (κ2) is 5.09. The molecule has 0 N–H and O–H groups in total. The molecule has 94 valence electrons. The number of benzene rings is 1. The van der Waals surface area contributed by atoms with Gasteiger partial charge >= 0.3 is 6.18 Å². The molecule has 17 heavy (non-hydrogen) atoms. The van der Waals surface area contributed by atoms with Gasteiger partial charge in [-0.3, -0.25) is 10.1 Å². The molecule has 0 aliphatic rings. The second-order valence-electron chi connectivity index (χ2n) is 3.14. The molecule has 0 radical (unpaired) electrons. The van der Waals surface area contributed by atoms with Crippen LogP contribution in [-0.4, -0.2) is 17.7 Å². The molecule has 1 aromatic rings. The molecule has 0 saturated heterocycles. The van der Waals surface area contributed by atoms with Crippen molar-refractivity contribution in [1.82, 2.24) is 0 Å².